The van der Waals surface area contributed by atoms with E-state index in [4.69, 9.17) is 4.74 Å². The lowest BCUT2D eigenvalue weighted by molar-refractivity contribution is -0.274. The van der Waals surface area contributed by atoms with Crippen molar-refractivity contribution in [2.75, 3.05) is 7.11 Å². The zero-order valence-electron chi connectivity index (χ0n) is 15.9. The first-order chi connectivity index (χ1) is 14.3. The second-order valence-electron chi connectivity index (χ2n) is 6.74. The van der Waals surface area contributed by atoms with Crippen LogP contribution in [0, 0.1) is 0 Å². The molecule has 2 aromatic carbocycles. The molecule has 1 aromatic heterocycles. The molecule has 0 atom stereocenters. The van der Waals surface area contributed by atoms with Crippen LogP contribution in [0.5, 0.6) is 11.5 Å². The smallest absolute Gasteiger partial charge is 0.496 e. The average molecular weight is 418 g/mol. The van der Waals surface area contributed by atoms with Gasteiger partial charge in [-0.2, -0.15) is 5.10 Å². The van der Waals surface area contributed by atoms with Crippen LogP contribution in [0.3, 0.4) is 0 Å². The summed E-state index contributed by atoms with van der Waals surface area (Å²) in [6.45, 7) is 0.945. The quantitative estimate of drug-likeness (QED) is 0.635. The van der Waals surface area contributed by atoms with E-state index in [0.29, 0.717) is 30.0 Å². The number of aromatic nitrogens is 3. The minimum atomic E-state index is -4.78. The first kappa shape index (κ1) is 19.7. The topological polar surface area (TPSA) is 69.5 Å². The summed E-state index contributed by atoms with van der Waals surface area (Å²) in [4.78, 5) is 18.0. The molecule has 2 heterocycles. The van der Waals surface area contributed by atoms with Gasteiger partial charge in [-0.05, 0) is 41.0 Å². The standard InChI is InChI=1S/C20H17F3N4O3/c1-29-18-5-4-16(30-20(21,22)23)7-17(18)13-2-3-14-8-26(9-15(14)6-13)19(28)10-27-12-24-11-25-27/h2-7,11-12H,8-10H2,1H3. The van der Waals surface area contributed by atoms with Gasteiger partial charge in [0.1, 0.15) is 30.7 Å². The van der Waals surface area contributed by atoms with Crippen LogP contribution in [0.15, 0.2) is 49.1 Å². The Balaban J connectivity index is 1.57. The van der Waals surface area contributed by atoms with Crippen molar-refractivity contribution in [2.45, 2.75) is 26.0 Å². The van der Waals surface area contributed by atoms with Crippen LogP contribution in [0.4, 0.5) is 13.2 Å². The van der Waals surface area contributed by atoms with Gasteiger partial charge in [-0.15, -0.1) is 13.2 Å². The Labute approximate surface area is 169 Å². The van der Waals surface area contributed by atoms with E-state index >= 15 is 0 Å². The van der Waals surface area contributed by atoms with Gasteiger partial charge in [0, 0.05) is 18.7 Å². The molecule has 3 aromatic rings. The van der Waals surface area contributed by atoms with E-state index in [0.717, 1.165) is 11.1 Å². The van der Waals surface area contributed by atoms with Crippen molar-refractivity contribution in [3.63, 3.8) is 0 Å². The van der Waals surface area contributed by atoms with Crippen molar-refractivity contribution in [3.8, 4) is 22.6 Å². The van der Waals surface area contributed by atoms with Crippen molar-refractivity contribution in [1.29, 1.82) is 0 Å². The fourth-order valence-electron chi connectivity index (χ4n) is 3.40. The molecular formula is C20H17F3N4O3. The number of alkyl halides is 3. The third-order valence-corrected chi connectivity index (χ3v) is 4.76. The van der Waals surface area contributed by atoms with Gasteiger partial charge in [0.05, 0.1) is 7.11 Å². The van der Waals surface area contributed by atoms with E-state index in [1.165, 1.54) is 42.6 Å². The molecule has 156 valence electrons. The van der Waals surface area contributed by atoms with Crippen LogP contribution in [-0.4, -0.2) is 39.0 Å². The van der Waals surface area contributed by atoms with Gasteiger partial charge < -0.3 is 14.4 Å². The summed E-state index contributed by atoms with van der Waals surface area (Å²) in [5.74, 6) is -0.0126. The first-order valence-corrected chi connectivity index (χ1v) is 8.98. The molecule has 7 nitrogen and oxygen atoms in total. The molecule has 4 rings (SSSR count). The second-order valence-corrected chi connectivity index (χ2v) is 6.74. The molecule has 30 heavy (non-hydrogen) atoms. The van der Waals surface area contributed by atoms with Gasteiger partial charge in [0.15, 0.2) is 0 Å². The fraction of sp³-hybridized carbons (Fsp3) is 0.250. The third-order valence-electron chi connectivity index (χ3n) is 4.76. The summed E-state index contributed by atoms with van der Waals surface area (Å²) in [7, 11) is 1.45. The largest absolute Gasteiger partial charge is 0.573 e. The number of ether oxygens (including phenoxy) is 2. The van der Waals surface area contributed by atoms with Gasteiger partial charge >= 0.3 is 6.36 Å². The van der Waals surface area contributed by atoms with Gasteiger partial charge in [-0.3, -0.25) is 4.79 Å². The van der Waals surface area contributed by atoms with Crippen LogP contribution < -0.4 is 9.47 Å². The fourth-order valence-corrected chi connectivity index (χ4v) is 3.40. The maximum absolute atomic E-state index is 12.6. The van der Waals surface area contributed by atoms with Gasteiger partial charge in [-0.25, -0.2) is 9.67 Å². The maximum Gasteiger partial charge on any atom is 0.573 e. The zero-order valence-corrected chi connectivity index (χ0v) is 15.9. The molecule has 0 aliphatic carbocycles. The van der Waals surface area contributed by atoms with Gasteiger partial charge in [0.25, 0.3) is 0 Å². The molecule has 0 spiro atoms. The molecule has 1 aliphatic heterocycles. The summed E-state index contributed by atoms with van der Waals surface area (Å²) in [5.41, 5.74) is 3.04. The molecule has 0 unspecified atom stereocenters. The number of rotatable bonds is 5. The number of amides is 1. The van der Waals surface area contributed by atoms with Crippen molar-refractivity contribution in [3.05, 3.63) is 60.2 Å². The minimum absolute atomic E-state index is 0.0888. The number of carbonyl (C=O) groups excluding carboxylic acids is 1. The highest BCUT2D eigenvalue weighted by Crippen LogP contribution is 2.37. The van der Waals surface area contributed by atoms with Crippen LogP contribution in [0.2, 0.25) is 0 Å². The molecule has 1 aliphatic rings. The van der Waals surface area contributed by atoms with E-state index in [2.05, 4.69) is 14.8 Å². The Morgan fingerprint density at radius 3 is 2.63 bits per heavy atom. The molecule has 1 amide bonds. The first-order valence-electron chi connectivity index (χ1n) is 8.98. The van der Waals surface area contributed by atoms with E-state index in [9.17, 15) is 18.0 Å². The van der Waals surface area contributed by atoms with Crippen LogP contribution in [0.25, 0.3) is 11.1 Å². The number of carbonyl (C=O) groups is 1. The van der Waals surface area contributed by atoms with Crippen LogP contribution in [0.1, 0.15) is 11.1 Å². The number of hydrogen-bond acceptors (Lipinski definition) is 5. The number of benzene rings is 2. The zero-order chi connectivity index (χ0) is 21.3. The van der Waals surface area contributed by atoms with Gasteiger partial charge in [-0.1, -0.05) is 12.1 Å². The molecule has 0 bridgehead atoms. The summed E-state index contributed by atoms with van der Waals surface area (Å²) >= 11 is 0. The normalized spacial score (nSPS) is 13.3. The molecular weight excluding hydrogens is 401 g/mol. The lowest BCUT2D eigenvalue weighted by atomic mass is 9.99. The minimum Gasteiger partial charge on any atom is -0.496 e. The predicted molar refractivity (Wildman–Crippen MR) is 99.4 cm³/mol. The summed E-state index contributed by atoms with van der Waals surface area (Å²) in [6, 6.07) is 9.43. The van der Waals surface area contributed by atoms with Crippen LogP contribution in [-0.2, 0) is 24.4 Å². The van der Waals surface area contributed by atoms with E-state index in [1.54, 1.807) is 11.0 Å². The summed E-state index contributed by atoms with van der Waals surface area (Å²) < 4.78 is 48.6. The molecule has 0 fully saturated rings. The number of halogens is 3. The Bertz CT molecular complexity index is 1070. The highest BCUT2D eigenvalue weighted by Gasteiger charge is 2.31. The Kier molecular flexibility index (Phi) is 5.06. The highest BCUT2D eigenvalue weighted by molar-refractivity contribution is 5.78. The summed E-state index contributed by atoms with van der Waals surface area (Å²) in [6.07, 6.45) is -1.95. The highest BCUT2D eigenvalue weighted by atomic mass is 19.4. The second kappa shape index (κ2) is 7.69. The number of nitrogens with zero attached hydrogens (tertiary/aromatic N) is 4. The molecule has 0 saturated carbocycles. The van der Waals surface area contributed by atoms with Crippen LogP contribution >= 0.6 is 0 Å². The number of fused-ring (bicyclic) bond motifs is 1. The molecule has 0 saturated heterocycles. The van der Waals surface area contributed by atoms with Crippen molar-refractivity contribution in [1.82, 2.24) is 19.7 Å². The molecule has 10 heteroatoms. The van der Waals surface area contributed by atoms with Crippen molar-refractivity contribution >= 4 is 5.91 Å². The predicted octanol–water partition coefficient (Wildman–Crippen LogP) is 3.39. The maximum atomic E-state index is 12.6. The molecule has 0 radical (unpaired) electrons. The van der Waals surface area contributed by atoms with E-state index in [-0.39, 0.29) is 18.2 Å². The number of hydrogen-bond donors (Lipinski definition) is 0. The van der Waals surface area contributed by atoms with Crippen molar-refractivity contribution < 1.29 is 27.4 Å². The van der Waals surface area contributed by atoms with Crippen molar-refractivity contribution in [2.24, 2.45) is 0 Å². The summed E-state index contributed by atoms with van der Waals surface area (Å²) in [5, 5.41) is 3.94. The van der Waals surface area contributed by atoms with E-state index < -0.39 is 6.36 Å². The SMILES string of the molecule is COc1ccc(OC(F)(F)F)cc1-c1ccc2c(c1)CN(C(=O)Cn1cncn1)C2. The molecule has 0 N–H and O–H groups in total. The lowest BCUT2D eigenvalue weighted by Gasteiger charge is -2.15. The monoisotopic (exact) mass is 418 g/mol. The Morgan fingerprint density at radius 2 is 1.93 bits per heavy atom. The van der Waals surface area contributed by atoms with E-state index in [1.807, 2.05) is 12.1 Å². The average Bonchev–Trinajstić information content (AvgIpc) is 3.35. The Hall–Kier alpha value is -3.56. The Morgan fingerprint density at radius 1 is 1.13 bits per heavy atom. The number of methoxy groups -OCH3 is 1. The van der Waals surface area contributed by atoms with Gasteiger partial charge in [0.2, 0.25) is 5.91 Å². The third kappa shape index (κ3) is 4.22. The lowest BCUT2D eigenvalue weighted by Crippen LogP contribution is -2.29.